The van der Waals surface area contributed by atoms with Gasteiger partial charge in [0.2, 0.25) is 10.0 Å². The van der Waals surface area contributed by atoms with Gasteiger partial charge >= 0.3 is 0 Å². The van der Waals surface area contributed by atoms with Crippen molar-refractivity contribution in [1.82, 2.24) is 14.9 Å². The highest BCUT2D eigenvalue weighted by Crippen LogP contribution is 2.14. The molecule has 0 radical (unpaired) electrons. The van der Waals surface area contributed by atoms with Gasteiger partial charge in [-0.2, -0.15) is 0 Å². The number of sulfonamides is 1. The van der Waals surface area contributed by atoms with Gasteiger partial charge in [-0.25, -0.2) is 13.1 Å². The summed E-state index contributed by atoms with van der Waals surface area (Å²) in [5.74, 6) is -0.210. The minimum Gasteiger partial charge on any atom is -0.350 e. The second-order valence-electron chi connectivity index (χ2n) is 8.65. The average Bonchev–Trinajstić information content (AvgIpc) is 2.71. The van der Waals surface area contributed by atoms with Crippen molar-refractivity contribution in [3.8, 4) is 0 Å². The fourth-order valence-electron chi connectivity index (χ4n) is 3.52. The normalized spacial score (nSPS) is 13.2. The van der Waals surface area contributed by atoms with Crippen LogP contribution in [0.25, 0.3) is 0 Å². The number of hydrogen-bond acceptors (Lipinski definition) is 4. The molecule has 2 aromatic carbocycles. The SMILES string of the molecule is CCN(CC)C(CNC(=O)c1ccc(S(=O)(=O)NC(C)(C)C)cc1)Cc1ccccc1. The number of nitrogens with one attached hydrogen (secondary N) is 2. The van der Waals surface area contributed by atoms with Gasteiger partial charge in [-0.1, -0.05) is 44.2 Å². The molecule has 0 spiro atoms. The molecular weight excluding hydrogens is 410 g/mol. The third-order valence-electron chi connectivity index (χ3n) is 5.01. The Balaban J connectivity index is 2.06. The van der Waals surface area contributed by atoms with Gasteiger partial charge in [0, 0.05) is 23.7 Å². The fourth-order valence-corrected chi connectivity index (χ4v) is 4.94. The molecule has 2 aromatic rings. The lowest BCUT2D eigenvalue weighted by Crippen LogP contribution is -2.45. The number of benzene rings is 2. The van der Waals surface area contributed by atoms with E-state index in [9.17, 15) is 13.2 Å². The number of carbonyl (C=O) groups is 1. The van der Waals surface area contributed by atoms with Crippen LogP contribution in [-0.4, -0.2) is 50.4 Å². The van der Waals surface area contributed by atoms with Crippen LogP contribution in [-0.2, 0) is 16.4 Å². The second-order valence-corrected chi connectivity index (χ2v) is 10.3. The molecule has 0 aliphatic heterocycles. The number of nitrogens with zero attached hydrogens (tertiary/aromatic N) is 1. The summed E-state index contributed by atoms with van der Waals surface area (Å²) in [5.41, 5.74) is 1.09. The van der Waals surface area contributed by atoms with Crippen LogP contribution in [0.5, 0.6) is 0 Å². The maximum atomic E-state index is 12.7. The molecule has 0 bridgehead atoms. The summed E-state index contributed by atoms with van der Waals surface area (Å²) in [6.45, 7) is 11.9. The molecule has 1 unspecified atom stereocenters. The first-order valence-electron chi connectivity index (χ1n) is 10.8. The quantitative estimate of drug-likeness (QED) is 0.587. The van der Waals surface area contributed by atoms with Crippen LogP contribution in [0, 0.1) is 0 Å². The summed E-state index contributed by atoms with van der Waals surface area (Å²) < 4.78 is 27.5. The van der Waals surface area contributed by atoms with Gasteiger partial charge in [-0.15, -0.1) is 0 Å². The van der Waals surface area contributed by atoms with Crippen molar-refractivity contribution < 1.29 is 13.2 Å². The maximum absolute atomic E-state index is 12.7. The topological polar surface area (TPSA) is 78.5 Å². The van der Waals surface area contributed by atoms with Crippen LogP contribution in [0.3, 0.4) is 0 Å². The molecule has 0 heterocycles. The van der Waals surface area contributed by atoms with Crippen LogP contribution >= 0.6 is 0 Å². The highest BCUT2D eigenvalue weighted by atomic mass is 32.2. The summed E-state index contributed by atoms with van der Waals surface area (Å²) in [4.78, 5) is 15.2. The number of rotatable bonds is 10. The third-order valence-corrected chi connectivity index (χ3v) is 6.78. The van der Waals surface area contributed by atoms with E-state index in [0.29, 0.717) is 12.1 Å². The predicted molar refractivity (Wildman–Crippen MR) is 126 cm³/mol. The Bertz CT molecular complexity index is 932. The molecule has 0 aliphatic rings. The monoisotopic (exact) mass is 445 g/mol. The molecule has 1 atom stereocenters. The molecule has 31 heavy (non-hydrogen) atoms. The van der Waals surface area contributed by atoms with Crippen molar-refractivity contribution in [2.24, 2.45) is 0 Å². The number of hydrogen-bond donors (Lipinski definition) is 2. The number of likely N-dealkylation sites (N-methyl/N-ethyl adjacent to an activating group) is 1. The molecule has 0 aromatic heterocycles. The van der Waals surface area contributed by atoms with Crippen LogP contribution in [0.15, 0.2) is 59.5 Å². The minimum atomic E-state index is -3.63. The van der Waals surface area contributed by atoms with E-state index in [0.717, 1.165) is 19.5 Å². The lowest BCUT2D eigenvalue weighted by atomic mass is 10.0. The van der Waals surface area contributed by atoms with Gasteiger partial charge in [0.05, 0.1) is 4.90 Å². The zero-order valence-electron chi connectivity index (χ0n) is 19.2. The van der Waals surface area contributed by atoms with E-state index >= 15 is 0 Å². The lowest BCUT2D eigenvalue weighted by molar-refractivity contribution is 0.0934. The summed E-state index contributed by atoms with van der Waals surface area (Å²) in [6, 6.07) is 16.5. The van der Waals surface area contributed by atoms with E-state index < -0.39 is 15.6 Å². The van der Waals surface area contributed by atoms with E-state index in [4.69, 9.17) is 0 Å². The third kappa shape index (κ3) is 7.76. The Kier molecular flexibility index (Phi) is 8.79. The largest absolute Gasteiger partial charge is 0.350 e. The van der Waals surface area contributed by atoms with Crippen LogP contribution in [0.1, 0.15) is 50.5 Å². The van der Waals surface area contributed by atoms with Crippen molar-refractivity contribution in [3.63, 3.8) is 0 Å². The summed E-state index contributed by atoms with van der Waals surface area (Å²) in [5, 5.41) is 3.02. The molecular formula is C24H35N3O3S. The summed E-state index contributed by atoms with van der Waals surface area (Å²) in [7, 11) is -3.63. The van der Waals surface area contributed by atoms with Gasteiger partial charge in [0.25, 0.3) is 5.91 Å². The Hall–Kier alpha value is -2.22. The van der Waals surface area contributed by atoms with Crippen LogP contribution < -0.4 is 10.0 Å². The Morgan fingerprint density at radius 3 is 2.06 bits per heavy atom. The van der Waals surface area contributed by atoms with Crippen LogP contribution in [0.2, 0.25) is 0 Å². The zero-order valence-corrected chi connectivity index (χ0v) is 20.0. The van der Waals surface area contributed by atoms with Crippen molar-refractivity contribution in [1.29, 1.82) is 0 Å². The maximum Gasteiger partial charge on any atom is 0.251 e. The van der Waals surface area contributed by atoms with Gasteiger partial charge < -0.3 is 5.32 Å². The Morgan fingerprint density at radius 2 is 1.55 bits per heavy atom. The lowest BCUT2D eigenvalue weighted by Gasteiger charge is -2.30. The zero-order chi connectivity index (χ0) is 23.1. The predicted octanol–water partition coefficient (Wildman–Crippen LogP) is 3.45. The first kappa shape index (κ1) is 25.0. The van der Waals surface area contributed by atoms with Gasteiger partial charge in [0.1, 0.15) is 0 Å². The minimum absolute atomic E-state index is 0.143. The molecule has 170 valence electrons. The average molecular weight is 446 g/mol. The number of amides is 1. The van der Waals surface area contributed by atoms with Gasteiger partial charge in [0.15, 0.2) is 0 Å². The highest BCUT2D eigenvalue weighted by molar-refractivity contribution is 7.89. The fraction of sp³-hybridized carbons (Fsp3) is 0.458. The van der Waals surface area contributed by atoms with E-state index in [2.05, 4.69) is 40.9 Å². The molecule has 1 amide bonds. The van der Waals surface area contributed by atoms with E-state index in [1.165, 1.54) is 17.7 Å². The second kappa shape index (κ2) is 10.9. The van der Waals surface area contributed by atoms with Gasteiger partial charge in [-0.05, 0) is 70.1 Å². The van der Waals surface area contributed by atoms with Gasteiger partial charge in [-0.3, -0.25) is 9.69 Å². The van der Waals surface area contributed by atoms with Crippen LogP contribution in [0.4, 0.5) is 0 Å². The first-order chi connectivity index (χ1) is 14.6. The van der Waals surface area contributed by atoms with Crippen molar-refractivity contribution in [2.75, 3.05) is 19.6 Å². The molecule has 0 fully saturated rings. The van der Waals surface area contributed by atoms with E-state index in [1.54, 1.807) is 32.9 Å². The summed E-state index contributed by atoms with van der Waals surface area (Å²) in [6.07, 6.45) is 0.846. The van der Waals surface area contributed by atoms with Crippen molar-refractivity contribution in [2.45, 2.75) is 57.5 Å². The Morgan fingerprint density at radius 1 is 0.968 bits per heavy atom. The van der Waals surface area contributed by atoms with Crippen molar-refractivity contribution in [3.05, 3.63) is 65.7 Å². The van der Waals surface area contributed by atoms with Crippen molar-refractivity contribution >= 4 is 15.9 Å². The molecule has 7 heteroatoms. The smallest absolute Gasteiger partial charge is 0.251 e. The van der Waals surface area contributed by atoms with E-state index in [-0.39, 0.29) is 16.8 Å². The number of carbonyl (C=O) groups excluding carboxylic acids is 1. The molecule has 6 nitrogen and oxygen atoms in total. The molecule has 0 aliphatic carbocycles. The molecule has 2 N–H and O–H groups in total. The molecule has 2 rings (SSSR count). The standard InChI is InChI=1S/C24H35N3O3S/c1-6-27(7-2)21(17-19-11-9-8-10-12-19)18-25-23(28)20-13-15-22(16-14-20)31(29,30)26-24(3,4)5/h8-16,21,26H,6-7,17-18H2,1-5H3,(H,25,28). The first-order valence-corrected chi connectivity index (χ1v) is 12.2. The Labute approximate surface area is 187 Å². The van der Waals surface area contributed by atoms with E-state index in [1.807, 2.05) is 18.2 Å². The summed E-state index contributed by atoms with van der Waals surface area (Å²) >= 11 is 0. The molecule has 0 saturated carbocycles. The molecule has 0 saturated heterocycles. The highest BCUT2D eigenvalue weighted by Gasteiger charge is 2.22.